The second-order valence-electron chi connectivity index (χ2n) is 8.06. The Hall–Kier alpha value is -3.14. The summed E-state index contributed by atoms with van der Waals surface area (Å²) in [5.41, 5.74) is 11.7. The lowest BCUT2D eigenvalue weighted by Crippen LogP contribution is -2.56. The molecular formula is C22H33N5O5. The molecular weight excluding hydrogens is 414 g/mol. The summed E-state index contributed by atoms with van der Waals surface area (Å²) in [4.78, 5) is 51.1. The average molecular weight is 448 g/mol. The number of benzene rings is 1. The third-order valence-corrected chi connectivity index (χ3v) is 5.50. The number of aromatic hydroxyl groups is 1. The third kappa shape index (κ3) is 7.23. The number of nitrogens with zero attached hydrogens (tertiary/aromatic N) is 1. The van der Waals surface area contributed by atoms with Crippen molar-refractivity contribution in [3.05, 3.63) is 29.8 Å². The first-order valence-corrected chi connectivity index (χ1v) is 10.9. The van der Waals surface area contributed by atoms with E-state index in [0.717, 1.165) is 5.56 Å². The molecule has 0 bridgehead atoms. The maximum atomic E-state index is 13.2. The van der Waals surface area contributed by atoms with Crippen LogP contribution in [0.4, 0.5) is 0 Å². The highest BCUT2D eigenvalue weighted by molar-refractivity contribution is 5.94. The lowest BCUT2D eigenvalue weighted by atomic mass is 10.0. The fourth-order valence-corrected chi connectivity index (χ4v) is 3.87. The number of phenols is 1. The van der Waals surface area contributed by atoms with Crippen LogP contribution in [-0.4, -0.2) is 64.9 Å². The van der Waals surface area contributed by atoms with E-state index in [0.29, 0.717) is 45.2 Å². The van der Waals surface area contributed by atoms with Gasteiger partial charge in [0, 0.05) is 19.9 Å². The zero-order valence-electron chi connectivity index (χ0n) is 18.4. The molecule has 2 rings (SSSR count). The molecule has 10 nitrogen and oxygen atoms in total. The van der Waals surface area contributed by atoms with Gasteiger partial charge in [0.05, 0.1) is 0 Å². The first-order chi connectivity index (χ1) is 15.2. The van der Waals surface area contributed by atoms with Gasteiger partial charge < -0.3 is 32.1 Å². The summed E-state index contributed by atoms with van der Waals surface area (Å²) in [7, 11) is 0. The number of unbranched alkanes of at least 4 members (excludes halogenated alkanes) is 1. The molecule has 1 aliphatic rings. The highest BCUT2D eigenvalue weighted by atomic mass is 16.3. The largest absolute Gasteiger partial charge is 0.508 e. The van der Waals surface area contributed by atoms with Crippen molar-refractivity contribution >= 4 is 23.6 Å². The molecule has 1 fully saturated rings. The second kappa shape index (κ2) is 12.0. The number of phenolic OH excluding ortho intramolecular Hbond substituents is 1. The lowest BCUT2D eigenvalue weighted by Gasteiger charge is -2.29. The number of hydrogen-bond donors (Lipinski definition) is 5. The summed E-state index contributed by atoms with van der Waals surface area (Å²) in [6.45, 7) is 2.17. The van der Waals surface area contributed by atoms with Crippen LogP contribution < -0.4 is 22.1 Å². The van der Waals surface area contributed by atoms with E-state index in [1.807, 2.05) is 0 Å². The molecule has 0 aliphatic carbocycles. The monoisotopic (exact) mass is 447 g/mol. The predicted octanol–water partition coefficient (Wildman–Crippen LogP) is -0.470. The van der Waals surface area contributed by atoms with Gasteiger partial charge in [-0.1, -0.05) is 12.1 Å². The minimum absolute atomic E-state index is 0.0921. The number of amides is 4. The van der Waals surface area contributed by atoms with Crippen molar-refractivity contribution in [2.75, 3.05) is 13.1 Å². The summed E-state index contributed by atoms with van der Waals surface area (Å²) in [6, 6.07) is 3.85. The van der Waals surface area contributed by atoms with Crippen LogP contribution in [0.3, 0.4) is 0 Å². The summed E-state index contributed by atoms with van der Waals surface area (Å²) in [5.74, 6) is -1.72. The Bertz CT molecular complexity index is 813. The molecule has 7 N–H and O–H groups in total. The van der Waals surface area contributed by atoms with Crippen LogP contribution in [0.15, 0.2) is 24.3 Å². The van der Waals surface area contributed by atoms with E-state index in [2.05, 4.69) is 10.6 Å². The van der Waals surface area contributed by atoms with Crippen LogP contribution in [0.5, 0.6) is 5.75 Å². The first kappa shape index (κ1) is 25.1. The van der Waals surface area contributed by atoms with Crippen LogP contribution in [0, 0.1) is 0 Å². The lowest BCUT2D eigenvalue weighted by molar-refractivity contribution is -0.141. The Labute approximate surface area is 187 Å². The Kier molecular flexibility index (Phi) is 9.45. The Morgan fingerprint density at radius 3 is 2.41 bits per heavy atom. The van der Waals surface area contributed by atoms with Crippen LogP contribution in [0.2, 0.25) is 0 Å². The summed E-state index contributed by atoms with van der Waals surface area (Å²) in [5, 5.41) is 14.8. The van der Waals surface area contributed by atoms with Crippen molar-refractivity contribution < 1.29 is 24.3 Å². The van der Waals surface area contributed by atoms with Gasteiger partial charge in [0.25, 0.3) is 0 Å². The van der Waals surface area contributed by atoms with E-state index < -0.39 is 29.9 Å². The van der Waals surface area contributed by atoms with Gasteiger partial charge in [-0.05, 0) is 56.3 Å². The molecule has 0 saturated carbocycles. The number of likely N-dealkylation sites (tertiary alicyclic amines) is 1. The van der Waals surface area contributed by atoms with Crippen molar-refractivity contribution in [3.63, 3.8) is 0 Å². The SMILES string of the molecule is CC(=O)N[C@@H](Cc1ccc(O)cc1)C(=O)N[C@@H](CCCCN)C(=O)N1CCC[C@H]1C(N)=O. The van der Waals surface area contributed by atoms with Crippen molar-refractivity contribution in [1.29, 1.82) is 0 Å². The van der Waals surface area contributed by atoms with E-state index in [1.165, 1.54) is 24.0 Å². The first-order valence-electron chi connectivity index (χ1n) is 10.9. The number of carbonyl (C=O) groups is 4. The molecule has 1 heterocycles. The molecule has 1 aliphatic heterocycles. The number of rotatable bonds is 11. The molecule has 1 saturated heterocycles. The zero-order chi connectivity index (χ0) is 23.7. The van der Waals surface area contributed by atoms with Gasteiger partial charge in [-0.25, -0.2) is 0 Å². The van der Waals surface area contributed by atoms with Gasteiger partial charge in [0.15, 0.2) is 0 Å². The highest BCUT2D eigenvalue weighted by Gasteiger charge is 2.37. The number of nitrogens with one attached hydrogen (secondary N) is 2. The molecule has 3 atom stereocenters. The average Bonchev–Trinajstić information content (AvgIpc) is 3.23. The van der Waals surface area contributed by atoms with Crippen molar-refractivity contribution in [2.24, 2.45) is 11.5 Å². The molecule has 0 spiro atoms. The van der Waals surface area contributed by atoms with E-state index in [4.69, 9.17) is 11.5 Å². The third-order valence-electron chi connectivity index (χ3n) is 5.50. The number of hydrogen-bond acceptors (Lipinski definition) is 6. The van der Waals surface area contributed by atoms with Crippen LogP contribution in [-0.2, 0) is 25.6 Å². The fraction of sp³-hybridized carbons (Fsp3) is 0.545. The molecule has 1 aromatic rings. The van der Waals surface area contributed by atoms with Gasteiger partial charge in [0.2, 0.25) is 23.6 Å². The number of nitrogens with two attached hydrogens (primary N) is 2. The van der Waals surface area contributed by atoms with E-state index in [-0.39, 0.29) is 24.0 Å². The van der Waals surface area contributed by atoms with Gasteiger partial charge >= 0.3 is 0 Å². The van der Waals surface area contributed by atoms with Crippen LogP contribution in [0.1, 0.15) is 44.6 Å². The minimum Gasteiger partial charge on any atom is -0.508 e. The molecule has 0 aromatic heterocycles. The molecule has 10 heteroatoms. The van der Waals surface area contributed by atoms with Crippen LogP contribution in [0.25, 0.3) is 0 Å². The maximum absolute atomic E-state index is 13.2. The van der Waals surface area contributed by atoms with Crippen LogP contribution >= 0.6 is 0 Å². The highest BCUT2D eigenvalue weighted by Crippen LogP contribution is 2.19. The predicted molar refractivity (Wildman–Crippen MR) is 118 cm³/mol. The quantitative estimate of drug-likeness (QED) is 0.287. The standard InChI is InChI=1S/C22H33N5O5/c1-14(28)25-18(13-15-7-9-16(29)10-8-15)21(31)26-17(5-2-3-11-23)22(32)27-12-4-6-19(27)20(24)30/h7-10,17-19,29H,2-6,11-13,23H2,1H3,(H2,24,30)(H,25,28)(H,26,31)/t17-,18-,19-/m0/s1. The topological polar surface area (TPSA) is 168 Å². The molecule has 0 unspecified atom stereocenters. The number of carbonyl (C=O) groups excluding carboxylic acids is 4. The maximum Gasteiger partial charge on any atom is 0.245 e. The smallest absolute Gasteiger partial charge is 0.245 e. The summed E-state index contributed by atoms with van der Waals surface area (Å²) in [6.07, 6.45) is 3.00. The van der Waals surface area contributed by atoms with Gasteiger partial charge in [-0.3, -0.25) is 19.2 Å². The Balaban J connectivity index is 2.17. The van der Waals surface area contributed by atoms with Crippen molar-refractivity contribution in [1.82, 2.24) is 15.5 Å². The Morgan fingerprint density at radius 2 is 1.81 bits per heavy atom. The summed E-state index contributed by atoms with van der Waals surface area (Å²) < 4.78 is 0. The van der Waals surface area contributed by atoms with Gasteiger partial charge in [-0.15, -0.1) is 0 Å². The van der Waals surface area contributed by atoms with E-state index in [9.17, 15) is 24.3 Å². The summed E-state index contributed by atoms with van der Waals surface area (Å²) >= 11 is 0. The molecule has 176 valence electrons. The minimum atomic E-state index is -0.910. The fourth-order valence-electron chi connectivity index (χ4n) is 3.87. The zero-order valence-corrected chi connectivity index (χ0v) is 18.4. The Morgan fingerprint density at radius 1 is 1.12 bits per heavy atom. The second-order valence-corrected chi connectivity index (χ2v) is 8.06. The number of primary amides is 1. The molecule has 4 amide bonds. The molecule has 32 heavy (non-hydrogen) atoms. The van der Waals surface area contributed by atoms with Gasteiger partial charge in [-0.2, -0.15) is 0 Å². The van der Waals surface area contributed by atoms with Crippen molar-refractivity contribution in [3.8, 4) is 5.75 Å². The van der Waals surface area contributed by atoms with E-state index in [1.54, 1.807) is 12.1 Å². The van der Waals surface area contributed by atoms with E-state index >= 15 is 0 Å². The molecule has 1 aromatic carbocycles. The molecule has 0 radical (unpaired) electrons. The van der Waals surface area contributed by atoms with Gasteiger partial charge in [0.1, 0.15) is 23.9 Å². The normalized spacial score (nSPS) is 17.4. The van der Waals surface area contributed by atoms with Crippen molar-refractivity contribution in [2.45, 2.75) is 63.6 Å².